The minimum absolute atomic E-state index is 0.448. The molecule has 0 amide bonds. The van der Waals surface area contributed by atoms with Crippen molar-refractivity contribution in [3.8, 4) is 11.1 Å². The lowest BCUT2D eigenvalue weighted by atomic mass is 10.0. The second kappa shape index (κ2) is 3.19. The number of hydrogen-bond acceptors (Lipinski definition) is 2. The van der Waals surface area contributed by atoms with Gasteiger partial charge in [0.15, 0.2) is 0 Å². The van der Waals surface area contributed by atoms with Crippen molar-refractivity contribution in [1.29, 1.82) is 0 Å². The predicted molar refractivity (Wildman–Crippen MR) is 64.3 cm³/mol. The van der Waals surface area contributed by atoms with E-state index in [1.54, 1.807) is 16.7 Å². The molecule has 3 rings (SSSR count). The largest absolute Gasteiger partial charge is 0.478 e. The molecule has 1 heterocycles. The Bertz CT molecular complexity index is 596. The molecule has 0 aliphatic heterocycles. The molecule has 0 unspecified atom stereocenters. The highest BCUT2D eigenvalue weighted by Gasteiger charge is 2.26. The number of fused-ring (bicyclic) bond motifs is 3. The van der Waals surface area contributed by atoms with Crippen molar-refractivity contribution < 1.29 is 9.90 Å². The quantitative estimate of drug-likeness (QED) is 0.696. The summed E-state index contributed by atoms with van der Waals surface area (Å²) in [6.07, 6.45) is 0.878. The average Bonchev–Trinajstić information content (AvgIpc) is 2.76. The SMILES string of the molecule is Cc1ccc2c(c1)-c1c(C(=O)O)csc1C2. The van der Waals surface area contributed by atoms with Crippen LogP contribution >= 0.6 is 11.3 Å². The Balaban J connectivity index is 2.29. The van der Waals surface area contributed by atoms with Crippen LogP contribution in [0.2, 0.25) is 0 Å². The van der Waals surface area contributed by atoms with Gasteiger partial charge in [-0.1, -0.05) is 23.8 Å². The van der Waals surface area contributed by atoms with E-state index in [1.165, 1.54) is 16.0 Å². The third-order valence-electron chi connectivity index (χ3n) is 2.98. The van der Waals surface area contributed by atoms with Gasteiger partial charge in [0.1, 0.15) is 0 Å². The molecule has 1 aliphatic carbocycles. The van der Waals surface area contributed by atoms with Crippen LogP contribution in [0.15, 0.2) is 23.6 Å². The molecule has 0 saturated heterocycles. The van der Waals surface area contributed by atoms with Gasteiger partial charge < -0.3 is 5.11 Å². The van der Waals surface area contributed by atoms with Gasteiger partial charge in [0, 0.05) is 22.2 Å². The van der Waals surface area contributed by atoms with Crippen LogP contribution in [0.5, 0.6) is 0 Å². The first-order valence-corrected chi connectivity index (χ1v) is 5.98. The van der Waals surface area contributed by atoms with Crippen molar-refractivity contribution in [3.05, 3.63) is 45.1 Å². The summed E-state index contributed by atoms with van der Waals surface area (Å²) < 4.78 is 0. The van der Waals surface area contributed by atoms with Crippen molar-refractivity contribution >= 4 is 17.3 Å². The molecule has 1 aromatic heterocycles. The van der Waals surface area contributed by atoms with Crippen molar-refractivity contribution in [1.82, 2.24) is 0 Å². The minimum atomic E-state index is -0.827. The maximum atomic E-state index is 11.1. The van der Waals surface area contributed by atoms with Gasteiger partial charge >= 0.3 is 5.97 Å². The van der Waals surface area contributed by atoms with Gasteiger partial charge in [0.2, 0.25) is 0 Å². The molecule has 2 aromatic rings. The fraction of sp³-hybridized carbons (Fsp3) is 0.154. The van der Waals surface area contributed by atoms with Gasteiger partial charge in [0.25, 0.3) is 0 Å². The minimum Gasteiger partial charge on any atom is -0.478 e. The molecule has 3 heteroatoms. The molecule has 0 bridgehead atoms. The van der Waals surface area contributed by atoms with Crippen LogP contribution in [0.25, 0.3) is 11.1 Å². The van der Waals surface area contributed by atoms with Crippen LogP contribution in [-0.2, 0) is 6.42 Å². The summed E-state index contributed by atoms with van der Waals surface area (Å²) in [5.41, 5.74) is 4.92. The number of aryl methyl sites for hydroxylation is 1. The number of carbonyl (C=O) groups is 1. The first kappa shape index (κ1) is 9.60. The first-order valence-electron chi connectivity index (χ1n) is 5.10. The highest BCUT2D eigenvalue weighted by Crippen LogP contribution is 2.42. The normalized spacial score (nSPS) is 12.3. The van der Waals surface area contributed by atoms with E-state index in [0.717, 1.165) is 17.5 Å². The predicted octanol–water partition coefficient (Wildman–Crippen LogP) is 3.33. The van der Waals surface area contributed by atoms with Gasteiger partial charge in [-0.25, -0.2) is 4.79 Å². The molecule has 0 radical (unpaired) electrons. The Morgan fingerprint density at radius 2 is 2.25 bits per heavy atom. The summed E-state index contributed by atoms with van der Waals surface area (Å²) >= 11 is 1.55. The molecule has 1 N–H and O–H groups in total. The molecule has 2 nitrogen and oxygen atoms in total. The summed E-state index contributed by atoms with van der Waals surface area (Å²) in [5.74, 6) is -0.827. The van der Waals surface area contributed by atoms with Crippen molar-refractivity contribution in [3.63, 3.8) is 0 Å². The zero-order valence-corrected chi connectivity index (χ0v) is 9.60. The van der Waals surface area contributed by atoms with Crippen LogP contribution in [-0.4, -0.2) is 11.1 Å². The molecule has 0 atom stereocenters. The highest BCUT2D eigenvalue weighted by molar-refractivity contribution is 7.11. The Hall–Kier alpha value is -1.61. The molecule has 0 saturated carbocycles. The average molecular weight is 230 g/mol. The Kier molecular flexibility index (Phi) is 1.91. The van der Waals surface area contributed by atoms with Gasteiger partial charge in [-0.05, 0) is 18.1 Å². The number of carboxylic acids is 1. The lowest BCUT2D eigenvalue weighted by molar-refractivity contribution is 0.0698. The van der Waals surface area contributed by atoms with Crippen molar-refractivity contribution in [2.75, 3.05) is 0 Å². The van der Waals surface area contributed by atoms with Crippen molar-refractivity contribution in [2.45, 2.75) is 13.3 Å². The summed E-state index contributed by atoms with van der Waals surface area (Å²) in [7, 11) is 0. The summed E-state index contributed by atoms with van der Waals surface area (Å²) in [6.45, 7) is 2.03. The number of rotatable bonds is 1. The zero-order valence-electron chi connectivity index (χ0n) is 8.78. The monoisotopic (exact) mass is 230 g/mol. The Morgan fingerprint density at radius 1 is 1.44 bits per heavy atom. The van der Waals surface area contributed by atoms with E-state index in [2.05, 4.69) is 18.2 Å². The van der Waals surface area contributed by atoms with E-state index in [-0.39, 0.29) is 0 Å². The van der Waals surface area contributed by atoms with Gasteiger partial charge in [-0.15, -0.1) is 11.3 Å². The van der Waals surface area contributed by atoms with Crippen molar-refractivity contribution in [2.24, 2.45) is 0 Å². The standard InChI is InChI=1S/C13H10O2S/c1-7-2-3-8-5-11-12(9(8)4-7)10(6-16-11)13(14)15/h2-4,6H,5H2,1H3,(H,14,15). The molecule has 1 aromatic carbocycles. The van der Waals surface area contributed by atoms with E-state index in [0.29, 0.717) is 5.56 Å². The van der Waals surface area contributed by atoms with Crippen LogP contribution in [0.4, 0.5) is 0 Å². The smallest absolute Gasteiger partial charge is 0.337 e. The van der Waals surface area contributed by atoms with E-state index in [1.807, 2.05) is 6.92 Å². The zero-order chi connectivity index (χ0) is 11.3. The molecule has 16 heavy (non-hydrogen) atoms. The first-order chi connectivity index (χ1) is 7.66. The van der Waals surface area contributed by atoms with Gasteiger partial charge in [-0.2, -0.15) is 0 Å². The molecule has 80 valence electrons. The maximum Gasteiger partial charge on any atom is 0.337 e. The second-order valence-electron chi connectivity index (χ2n) is 4.09. The fourth-order valence-corrected chi connectivity index (χ4v) is 3.29. The highest BCUT2D eigenvalue weighted by atomic mass is 32.1. The van der Waals surface area contributed by atoms with E-state index >= 15 is 0 Å². The van der Waals surface area contributed by atoms with E-state index in [4.69, 9.17) is 5.11 Å². The molecule has 0 fully saturated rings. The van der Waals surface area contributed by atoms with Crippen LogP contribution in [0.3, 0.4) is 0 Å². The Labute approximate surface area is 97.2 Å². The third kappa shape index (κ3) is 1.21. The number of aromatic carboxylic acids is 1. The van der Waals surface area contributed by atoms with Crippen LogP contribution in [0, 0.1) is 6.92 Å². The second-order valence-corrected chi connectivity index (χ2v) is 5.05. The van der Waals surface area contributed by atoms with Gasteiger partial charge in [-0.3, -0.25) is 0 Å². The summed E-state index contributed by atoms with van der Waals surface area (Å²) in [5, 5.41) is 10.9. The lowest BCUT2D eigenvalue weighted by Crippen LogP contribution is -1.95. The third-order valence-corrected chi connectivity index (χ3v) is 3.97. The lowest BCUT2D eigenvalue weighted by Gasteiger charge is -2.02. The number of carboxylic acid groups (broad SMARTS) is 1. The molecule has 1 aliphatic rings. The molecular weight excluding hydrogens is 220 g/mol. The number of benzene rings is 1. The fourth-order valence-electron chi connectivity index (χ4n) is 2.23. The number of hydrogen-bond donors (Lipinski definition) is 1. The maximum absolute atomic E-state index is 11.1. The van der Waals surface area contributed by atoms with E-state index < -0.39 is 5.97 Å². The topological polar surface area (TPSA) is 37.3 Å². The summed E-state index contributed by atoms with van der Waals surface area (Å²) in [6, 6.07) is 6.26. The van der Waals surface area contributed by atoms with E-state index in [9.17, 15) is 4.79 Å². The molecule has 0 spiro atoms. The summed E-state index contributed by atoms with van der Waals surface area (Å²) in [4.78, 5) is 12.3. The number of thiophene rings is 1. The van der Waals surface area contributed by atoms with Gasteiger partial charge in [0.05, 0.1) is 5.56 Å². The van der Waals surface area contributed by atoms with Crippen LogP contribution < -0.4 is 0 Å². The Morgan fingerprint density at radius 3 is 3.00 bits per heavy atom. The van der Waals surface area contributed by atoms with Crippen LogP contribution in [0.1, 0.15) is 26.4 Å². The molecular formula is C13H10O2S.